The van der Waals surface area contributed by atoms with E-state index in [1.54, 1.807) is 0 Å². The predicted molar refractivity (Wildman–Crippen MR) is 67.9 cm³/mol. The molecule has 1 saturated heterocycles. The Kier molecular flexibility index (Phi) is 2.61. The van der Waals surface area contributed by atoms with E-state index in [0.717, 1.165) is 38.3 Å². The van der Waals surface area contributed by atoms with Crippen molar-refractivity contribution in [2.24, 2.45) is 0 Å². The van der Waals surface area contributed by atoms with Gasteiger partial charge in [-0.1, -0.05) is 24.3 Å². The third kappa shape index (κ3) is 1.83. The van der Waals surface area contributed by atoms with E-state index in [1.165, 1.54) is 5.56 Å². The summed E-state index contributed by atoms with van der Waals surface area (Å²) in [7, 11) is 2.15. The summed E-state index contributed by atoms with van der Waals surface area (Å²) in [5.41, 5.74) is 2.36. The Morgan fingerprint density at radius 2 is 1.76 bits per heavy atom. The average molecular weight is 230 g/mol. The number of amidine groups is 1. The number of piperazine rings is 1. The summed E-state index contributed by atoms with van der Waals surface area (Å²) in [6.07, 6.45) is 0. The van der Waals surface area contributed by atoms with Crippen molar-refractivity contribution in [3.63, 3.8) is 0 Å². The molecule has 0 aromatic heterocycles. The fraction of sp³-hybridized carbons (Fsp3) is 0.462. The SMILES string of the molecule is CN1CCN(N2Cc3ccccc3C2=N)CC1. The Balaban J connectivity index is 1.78. The van der Waals surface area contributed by atoms with Gasteiger partial charge in [0.05, 0.1) is 6.54 Å². The first kappa shape index (κ1) is 10.7. The molecule has 1 fully saturated rings. The van der Waals surface area contributed by atoms with Crippen molar-refractivity contribution in [1.29, 1.82) is 5.41 Å². The summed E-state index contributed by atoms with van der Waals surface area (Å²) >= 11 is 0. The monoisotopic (exact) mass is 230 g/mol. The van der Waals surface area contributed by atoms with Gasteiger partial charge in [-0.3, -0.25) is 10.4 Å². The van der Waals surface area contributed by atoms with Gasteiger partial charge in [-0.25, -0.2) is 5.01 Å². The number of fused-ring (bicyclic) bond motifs is 1. The van der Waals surface area contributed by atoms with Crippen molar-refractivity contribution >= 4 is 5.84 Å². The van der Waals surface area contributed by atoms with Crippen molar-refractivity contribution in [2.45, 2.75) is 6.54 Å². The van der Waals surface area contributed by atoms with Crippen LogP contribution in [0.15, 0.2) is 24.3 Å². The maximum atomic E-state index is 8.24. The van der Waals surface area contributed by atoms with Gasteiger partial charge in [0.15, 0.2) is 0 Å². The minimum absolute atomic E-state index is 0.658. The Morgan fingerprint density at radius 1 is 1.06 bits per heavy atom. The van der Waals surface area contributed by atoms with Crippen LogP contribution in [-0.4, -0.2) is 54.0 Å². The molecule has 0 atom stereocenters. The van der Waals surface area contributed by atoms with Crippen molar-refractivity contribution < 1.29 is 0 Å². The van der Waals surface area contributed by atoms with Gasteiger partial charge < -0.3 is 4.90 Å². The highest BCUT2D eigenvalue weighted by Gasteiger charge is 2.29. The molecule has 1 aromatic carbocycles. The molecule has 0 radical (unpaired) electrons. The predicted octanol–water partition coefficient (Wildman–Crippen LogP) is 0.990. The van der Waals surface area contributed by atoms with Crippen molar-refractivity contribution in [1.82, 2.24) is 14.9 Å². The molecule has 0 aliphatic carbocycles. The number of hydrazine groups is 1. The molecule has 0 unspecified atom stereocenters. The molecule has 2 aliphatic rings. The summed E-state index contributed by atoms with van der Waals surface area (Å²) in [5.74, 6) is 0.658. The van der Waals surface area contributed by atoms with Gasteiger partial charge in [0.25, 0.3) is 0 Å². The van der Waals surface area contributed by atoms with Crippen LogP contribution in [0.4, 0.5) is 0 Å². The lowest BCUT2D eigenvalue weighted by Crippen LogP contribution is -2.52. The molecular formula is C13H18N4. The highest BCUT2D eigenvalue weighted by atomic mass is 15.6. The topological polar surface area (TPSA) is 33.6 Å². The molecule has 2 heterocycles. The van der Waals surface area contributed by atoms with Gasteiger partial charge in [0.1, 0.15) is 5.84 Å². The number of benzene rings is 1. The number of likely N-dealkylation sites (N-methyl/N-ethyl adjacent to an activating group) is 1. The van der Waals surface area contributed by atoms with Gasteiger partial charge in [-0.05, 0) is 12.6 Å². The maximum absolute atomic E-state index is 8.24. The average Bonchev–Trinajstić information content (AvgIpc) is 2.69. The number of nitrogens with one attached hydrogen (secondary N) is 1. The van der Waals surface area contributed by atoms with Crippen LogP contribution >= 0.6 is 0 Å². The Morgan fingerprint density at radius 3 is 2.47 bits per heavy atom. The van der Waals surface area contributed by atoms with Crippen LogP contribution in [0.3, 0.4) is 0 Å². The molecule has 4 nitrogen and oxygen atoms in total. The van der Waals surface area contributed by atoms with Crippen LogP contribution in [0.5, 0.6) is 0 Å². The molecule has 0 amide bonds. The fourth-order valence-corrected chi connectivity index (χ4v) is 2.55. The first-order valence-corrected chi connectivity index (χ1v) is 6.13. The van der Waals surface area contributed by atoms with Crippen molar-refractivity contribution in [2.75, 3.05) is 33.2 Å². The van der Waals surface area contributed by atoms with Crippen LogP contribution in [0.25, 0.3) is 0 Å². The second-order valence-electron chi connectivity index (χ2n) is 4.82. The maximum Gasteiger partial charge on any atom is 0.143 e. The molecule has 90 valence electrons. The van der Waals surface area contributed by atoms with E-state index >= 15 is 0 Å². The highest BCUT2D eigenvalue weighted by molar-refractivity contribution is 5.99. The Hall–Kier alpha value is -1.39. The minimum atomic E-state index is 0.658. The van der Waals surface area contributed by atoms with E-state index in [2.05, 4.69) is 34.1 Å². The van der Waals surface area contributed by atoms with Gasteiger partial charge in [-0.2, -0.15) is 0 Å². The molecule has 17 heavy (non-hydrogen) atoms. The molecule has 4 heteroatoms. The lowest BCUT2D eigenvalue weighted by Gasteiger charge is -2.38. The third-order valence-corrected chi connectivity index (χ3v) is 3.67. The molecule has 0 spiro atoms. The van der Waals surface area contributed by atoms with Crippen LogP contribution in [0, 0.1) is 5.41 Å². The first-order chi connectivity index (χ1) is 8.25. The van der Waals surface area contributed by atoms with Crippen LogP contribution < -0.4 is 0 Å². The smallest absolute Gasteiger partial charge is 0.143 e. The normalized spacial score (nSPS) is 21.9. The Labute approximate surface area is 102 Å². The molecule has 0 bridgehead atoms. The van der Waals surface area contributed by atoms with Gasteiger partial charge >= 0.3 is 0 Å². The largest absolute Gasteiger partial charge is 0.304 e. The number of hydrogen-bond donors (Lipinski definition) is 1. The van der Waals surface area contributed by atoms with Gasteiger partial charge in [0, 0.05) is 31.7 Å². The summed E-state index contributed by atoms with van der Waals surface area (Å²) in [5, 5.41) is 12.7. The molecule has 2 aliphatic heterocycles. The van der Waals surface area contributed by atoms with Crippen molar-refractivity contribution in [3.05, 3.63) is 35.4 Å². The van der Waals surface area contributed by atoms with E-state index in [4.69, 9.17) is 5.41 Å². The zero-order valence-corrected chi connectivity index (χ0v) is 10.2. The van der Waals surface area contributed by atoms with E-state index in [0.29, 0.717) is 5.84 Å². The van der Waals surface area contributed by atoms with E-state index in [9.17, 15) is 0 Å². The van der Waals surface area contributed by atoms with E-state index < -0.39 is 0 Å². The lowest BCUT2D eigenvalue weighted by atomic mass is 10.1. The fourth-order valence-electron chi connectivity index (χ4n) is 2.55. The van der Waals surface area contributed by atoms with Crippen LogP contribution in [0.1, 0.15) is 11.1 Å². The summed E-state index contributed by atoms with van der Waals surface area (Å²) in [6, 6.07) is 8.24. The third-order valence-electron chi connectivity index (χ3n) is 3.67. The number of hydrogen-bond acceptors (Lipinski definition) is 3. The molecule has 3 rings (SSSR count). The van der Waals surface area contributed by atoms with Crippen molar-refractivity contribution in [3.8, 4) is 0 Å². The van der Waals surface area contributed by atoms with Crippen LogP contribution in [-0.2, 0) is 6.54 Å². The van der Waals surface area contributed by atoms with Crippen LogP contribution in [0.2, 0.25) is 0 Å². The minimum Gasteiger partial charge on any atom is -0.304 e. The quantitative estimate of drug-likeness (QED) is 0.781. The highest BCUT2D eigenvalue weighted by Crippen LogP contribution is 2.24. The second-order valence-corrected chi connectivity index (χ2v) is 4.82. The zero-order valence-electron chi connectivity index (χ0n) is 10.2. The molecular weight excluding hydrogens is 212 g/mol. The standard InChI is InChI=1S/C13H18N4/c1-15-6-8-16(9-7-15)17-10-11-4-2-3-5-12(11)13(17)14/h2-5,14H,6-10H2,1H3. The van der Waals surface area contributed by atoms with Gasteiger partial charge in [-0.15, -0.1) is 0 Å². The first-order valence-electron chi connectivity index (χ1n) is 6.13. The van der Waals surface area contributed by atoms with E-state index in [1.807, 2.05) is 12.1 Å². The zero-order chi connectivity index (χ0) is 11.8. The Bertz CT molecular complexity index is 435. The molecule has 1 N–H and O–H groups in total. The molecule has 0 saturated carbocycles. The summed E-state index contributed by atoms with van der Waals surface area (Å²) in [6.45, 7) is 5.07. The lowest BCUT2D eigenvalue weighted by molar-refractivity contribution is 0.00113. The second kappa shape index (κ2) is 4.13. The number of rotatable bonds is 1. The van der Waals surface area contributed by atoms with Gasteiger partial charge in [0.2, 0.25) is 0 Å². The molecule has 1 aromatic rings. The summed E-state index contributed by atoms with van der Waals surface area (Å²) in [4.78, 5) is 2.34. The number of nitrogens with zero attached hydrogens (tertiary/aromatic N) is 3. The van der Waals surface area contributed by atoms with E-state index in [-0.39, 0.29) is 0 Å². The summed E-state index contributed by atoms with van der Waals surface area (Å²) < 4.78 is 0.